The minimum Gasteiger partial charge on any atom is -0.492 e. The van der Waals surface area contributed by atoms with Gasteiger partial charge in [0.2, 0.25) is 0 Å². The van der Waals surface area contributed by atoms with E-state index in [2.05, 4.69) is 13.8 Å². The van der Waals surface area contributed by atoms with E-state index in [1.54, 1.807) is 12.3 Å². The van der Waals surface area contributed by atoms with Gasteiger partial charge in [-0.05, 0) is 35.9 Å². The molecule has 2 aromatic carbocycles. The Bertz CT molecular complexity index is 1120. The van der Waals surface area contributed by atoms with Crippen LogP contribution < -0.4 is 9.47 Å². The molecule has 3 heterocycles. The number of fused-ring (bicyclic) bond motifs is 3. The number of rotatable bonds is 5. The first-order valence-electron chi connectivity index (χ1n) is 8.94. The summed E-state index contributed by atoms with van der Waals surface area (Å²) in [4.78, 5) is 12.1. The highest BCUT2D eigenvalue weighted by Crippen LogP contribution is 2.42. The van der Waals surface area contributed by atoms with Crippen LogP contribution in [0.1, 0.15) is 23.5 Å². The SMILES string of the molecule is O=C1C[C@H](c2ccc(OCCn3cccn3)cc2)c2c(ccc3nsnc23)O1. The van der Waals surface area contributed by atoms with Crippen molar-refractivity contribution in [1.29, 1.82) is 0 Å². The van der Waals surface area contributed by atoms with E-state index in [1.807, 2.05) is 47.3 Å². The molecule has 140 valence electrons. The summed E-state index contributed by atoms with van der Waals surface area (Å²) in [6.07, 6.45) is 3.93. The van der Waals surface area contributed by atoms with Crippen molar-refractivity contribution in [3.63, 3.8) is 0 Å². The molecule has 0 bridgehead atoms. The fourth-order valence-corrected chi connectivity index (χ4v) is 4.03. The highest BCUT2D eigenvalue weighted by Gasteiger charge is 2.31. The second-order valence-corrected chi connectivity index (χ2v) is 7.06. The van der Waals surface area contributed by atoms with Crippen LogP contribution >= 0.6 is 11.7 Å². The number of hydrogen-bond donors (Lipinski definition) is 0. The van der Waals surface area contributed by atoms with Gasteiger partial charge < -0.3 is 9.47 Å². The van der Waals surface area contributed by atoms with Crippen LogP contribution in [0, 0.1) is 0 Å². The van der Waals surface area contributed by atoms with Gasteiger partial charge in [0.05, 0.1) is 24.7 Å². The fraction of sp³-hybridized carbons (Fsp3) is 0.200. The van der Waals surface area contributed by atoms with Crippen molar-refractivity contribution in [2.45, 2.75) is 18.9 Å². The molecule has 2 aromatic heterocycles. The lowest BCUT2D eigenvalue weighted by Crippen LogP contribution is -2.21. The van der Waals surface area contributed by atoms with Crippen LogP contribution in [-0.4, -0.2) is 31.1 Å². The predicted octanol–water partition coefficient (Wildman–Crippen LogP) is 3.41. The topological polar surface area (TPSA) is 79.1 Å². The maximum Gasteiger partial charge on any atom is 0.312 e. The van der Waals surface area contributed by atoms with Gasteiger partial charge in [-0.15, -0.1) is 0 Å². The van der Waals surface area contributed by atoms with Crippen LogP contribution in [0.15, 0.2) is 54.9 Å². The zero-order chi connectivity index (χ0) is 18.9. The van der Waals surface area contributed by atoms with Gasteiger partial charge in [-0.2, -0.15) is 13.8 Å². The first kappa shape index (κ1) is 16.9. The molecule has 1 aliphatic heterocycles. The number of benzene rings is 2. The normalized spacial score (nSPS) is 16.0. The van der Waals surface area contributed by atoms with E-state index in [-0.39, 0.29) is 18.3 Å². The highest BCUT2D eigenvalue weighted by atomic mass is 32.1. The molecule has 5 rings (SSSR count). The molecule has 0 radical (unpaired) electrons. The third-order valence-corrected chi connectivity index (χ3v) is 5.34. The number of nitrogens with zero attached hydrogens (tertiary/aromatic N) is 4. The van der Waals surface area contributed by atoms with E-state index in [0.717, 1.165) is 27.9 Å². The molecular formula is C20H16N4O3S. The average Bonchev–Trinajstić information content (AvgIpc) is 3.39. The molecule has 0 unspecified atom stereocenters. The highest BCUT2D eigenvalue weighted by molar-refractivity contribution is 7.00. The van der Waals surface area contributed by atoms with Gasteiger partial charge >= 0.3 is 5.97 Å². The summed E-state index contributed by atoms with van der Waals surface area (Å²) in [5.74, 6) is 1.01. The molecule has 28 heavy (non-hydrogen) atoms. The average molecular weight is 392 g/mol. The van der Waals surface area contributed by atoms with E-state index in [1.165, 1.54) is 11.7 Å². The van der Waals surface area contributed by atoms with E-state index < -0.39 is 0 Å². The Balaban J connectivity index is 1.39. The predicted molar refractivity (Wildman–Crippen MR) is 104 cm³/mol. The first-order chi connectivity index (χ1) is 13.8. The molecule has 0 saturated heterocycles. The number of carbonyl (C=O) groups excluding carboxylic acids is 1. The van der Waals surface area contributed by atoms with Crippen LogP contribution in [0.2, 0.25) is 0 Å². The Kier molecular flexibility index (Phi) is 4.25. The lowest BCUT2D eigenvalue weighted by molar-refractivity contribution is -0.135. The lowest BCUT2D eigenvalue weighted by atomic mass is 9.85. The Morgan fingerprint density at radius 2 is 2.07 bits per heavy atom. The van der Waals surface area contributed by atoms with Crippen molar-refractivity contribution in [1.82, 2.24) is 18.5 Å². The van der Waals surface area contributed by atoms with E-state index in [0.29, 0.717) is 18.9 Å². The van der Waals surface area contributed by atoms with Crippen molar-refractivity contribution >= 4 is 28.7 Å². The van der Waals surface area contributed by atoms with E-state index in [9.17, 15) is 4.79 Å². The number of carbonyl (C=O) groups is 1. The van der Waals surface area contributed by atoms with Gasteiger partial charge in [0.15, 0.2) is 0 Å². The molecule has 1 aliphatic rings. The van der Waals surface area contributed by atoms with Crippen LogP contribution in [0.25, 0.3) is 11.0 Å². The van der Waals surface area contributed by atoms with E-state index in [4.69, 9.17) is 9.47 Å². The minimum atomic E-state index is -0.236. The van der Waals surface area contributed by atoms with Crippen molar-refractivity contribution in [2.75, 3.05) is 6.61 Å². The maximum absolute atomic E-state index is 12.1. The first-order valence-corrected chi connectivity index (χ1v) is 9.67. The summed E-state index contributed by atoms with van der Waals surface area (Å²) in [7, 11) is 0. The summed E-state index contributed by atoms with van der Waals surface area (Å²) >= 11 is 1.17. The minimum absolute atomic E-state index is 0.109. The largest absolute Gasteiger partial charge is 0.492 e. The van der Waals surface area contributed by atoms with Gasteiger partial charge in [0.25, 0.3) is 0 Å². The summed E-state index contributed by atoms with van der Waals surface area (Å²) < 4.78 is 21.8. The van der Waals surface area contributed by atoms with Crippen molar-refractivity contribution in [2.24, 2.45) is 0 Å². The summed E-state index contributed by atoms with van der Waals surface area (Å²) in [6, 6.07) is 13.4. The molecule has 8 heteroatoms. The van der Waals surface area contributed by atoms with Crippen LogP contribution in [0.4, 0.5) is 0 Å². The van der Waals surface area contributed by atoms with Crippen LogP contribution in [0.3, 0.4) is 0 Å². The molecular weight excluding hydrogens is 376 g/mol. The summed E-state index contributed by atoms with van der Waals surface area (Å²) in [5, 5.41) is 4.15. The van der Waals surface area contributed by atoms with Crippen LogP contribution in [-0.2, 0) is 11.3 Å². The number of hydrogen-bond acceptors (Lipinski definition) is 7. The molecule has 0 saturated carbocycles. The smallest absolute Gasteiger partial charge is 0.312 e. The third-order valence-electron chi connectivity index (χ3n) is 4.80. The molecule has 0 N–H and O–H groups in total. The molecule has 0 aliphatic carbocycles. The Morgan fingerprint density at radius 3 is 2.89 bits per heavy atom. The van der Waals surface area contributed by atoms with E-state index >= 15 is 0 Å². The molecule has 0 amide bonds. The molecule has 0 spiro atoms. The van der Waals surface area contributed by atoms with Gasteiger partial charge in [0.1, 0.15) is 29.1 Å². The van der Waals surface area contributed by atoms with Crippen molar-refractivity contribution in [3.05, 3.63) is 66.0 Å². The molecule has 0 fully saturated rings. The van der Waals surface area contributed by atoms with Crippen molar-refractivity contribution < 1.29 is 14.3 Å². The fourth-order valence-electron chi connectivity index (χ4n) is 3.48. The Morgan fingerprint density at radius 1 is 1.18 bits per heavy atom. The number of aromatic nitrogens is 4. The standard InChI is InChI=1S/C20H16N4O3S/c25-18-12-15(19-17(27-18)7-6-16-20(19)23-28-22-16)13-2-4-14(5-3-13)26-11-10-24-9-1-8-21-24/h1-9,15H,10-12H2/t15-/m1/s1. The lowest BCUT2D eigenvalue weighted by Gasteiger charge is -2.25. The second kappa shape index (κ2) is 7.05. The van der Waals surface area contributed by atoms with Gasteiger partial charge in [-0.25, -0.2) is 0 Å². The summed E-state index contributed by atoms with van der Waals surface area (Å²) in [5.41, 5.74) is 3.58. The molecule has 1 atom stereocenters. The number of esters is 1. The third kappa shape index (κ3) is 3.11. The zero-order valence-electron chi connectivity index (χ0n) is 14.8. The second-order valence-electron chi connectivity index (χ2n) is 6.53. The molecule has 4 aromatic rings. The van der Waals surface area contributed by atoms with Gasteiger partial charge in [-0.3, -0.25) is 9.48 Å². The molecule has 7 nitrogen and oxygen atoms in total. The maximum atomic E-state index is 12.1. The van der Waals surface area contributed by atoms with Crippen molar-refractivity contribution in [3.8, 4) is 11.5 Å². The number of ether oxygens (including phenoxy) is 2. The van der Waals surface area contributed by atoms with Crippen LogP contribution in [0.5, 0.6) is 11.5 Å². The monoisotopic (exact) mass is 392 g/mol. The Hall–Kier alpha value is -3.26. The quantitative estimate of drug-likeness (QED) is 0.383. The Labute approximate surface area is 164 Å². The van der Waals surface area contributed by atoms with Gasteiger partial charge in [-0.1, -0.05) is 12.1 Å². The summed E-state index contributed by atoms with van der Waals surface area (Å²) in [6.45, 7) is 1.22. The zero-order valence-corrected chi connectivity index (χ0v) is 15.6. The van der Waals surface area contributed by atoms with Gasteiger partial charge in [0, 0.05) is 23.9 Å².